The van der Waals surface area contributed by atoms with Crippen molar-refractivity contribution in [2.45, 2.75) is 25.9 Å². The van der Waals surface area contributed by atoms with Gasteiger partial charge in [-0.25, -0.2) is 4.98 Å². The minimum absolute atomic E-state index is 0.0949. The summed E-state index contributed by atoms with van der Waals surface area (Å²) in [6.07, 6.45) is 2.47. The molecule has 0 fully saturated rings. The predicted octanol–water partition coefficient (Wildman–Crippen LogP) is 1.45. The van der Waals surface area contributed by atoms with E-state index in [4.69, 9.17) is 11.6 Å². The second kappa shape index (κ2) is 7.96. The van der Waals surface area contributed by atoms with Gasteiger partial charge in [0.2, 0.25) is 5.91 Å². The molecule has 0 saturated heterocycles. The number of carbonyl (C=O) groups is 1. The highest BCUT2D eigenvalue weighted by atomic mass is 35.5. The zero-order valence-electron chi connectivity index (χ0n) is 11.3. The molecular weight excluding hydrogens is 266 g/mol. The fourth-order valence-electron chi connectivity index (χ4n) is 1.53. The van der Waals surface area contributed by atoms with E-state index < -0.39 is 0 Å². The Labute approximate surface area is 118 Å². The summed E-state index contributed by atoms with van der Waals surface area (Å²) in [5, 5.41) is 12.7. The molecule has 1 heterocycles. The summed E-state index contributed by atoms with van der Waals surface area (Å²) < 4.78 is 0. The average molecular weight is 286 g/mol. The van der Waals surface area contributed by atoms with Crippen LogP contribution in [0.2, 0.25) is 5.02 Å². The van der Waals surface area contributed by atoms with Crippen molar-refractivity contribution < 1.29 is 9.90 Å². The van der Waals surface area contributed by atoms with E-state index >= 15 is 0 Å². The lowest BCUT2D eigenvalue weighted by molar-refractivity contribution is -0.119. The molecule has 2 N–H and O–H groups in total. The lowest BCUT2D eigenvalue weighted by atomic mass is 10.2. The van der Waals surface area contributed by atoms with Gasteiger partial charge in [0.15, 0.2) is 0 Å². The highest BCUT2D eigenvalue weighted by Crippen LogP contribution is 2.12. The molecule has 0 aromatic carbocycles. The Morgan fingerprint density at radius 2 is 2.32 bits per heavy atom. The van der Waals surface area contributed by atoms with Gasteiger partial charge in [-0.1, -0.05) is 18.5 Å². The number of likely N-dealkylation sites (N-methyl/N-ethyl adjacent to an activating group) is 1. The van der Waals surface area contributed by atoms with E-state index in [0.29, 0.717) is 30.2 Å². The molecule has 1 aromatic rings. The van der Waals surface area contributed by atoms with Crippen LogP contribution in [-0.2, 0) is 4.79 Å². The number of nitrogens with one attached hydrogen (secondary N) is 1. The molecule has 1 atom stereocenters. The van der Waals surface area contributed by atoms with Crippen LogP contribution in [0.4, 0.5) is 5.82 Å². The number of hydrogen-bond acceptors (Lipinski definition) is 4. The number of aliphatic hydroxyl groups excluding tert-OH is 1. The van der Waals surface area contributed by atoms with Crippen LogP contribution in [0, 0.1) is 0 Å². The van der Waals surface area contributed by atoms with E-state index in [0.717, 1.165) is 0 Å². The smallest absolute Gasteiger partial charge is 0.239 e. The minimum Gasteiger partial charge on any atom is -0.393 e. The molecule has 0 aliphatic rings. The number of rotatable bonds is 7. The van der Waals surface area contributed by atoms with Gasteiger partial charge < -0.3 is 15.3 Å². The van der Waals surface area contributed by atoms with Crippen LogP contribution >= 0.6 is 11.6 Å². The minimum atomic E-state index is -0.351. The van der Waals surface area contributed by atoms with Gasteiger partial charge in [-0.05, 0) is 25.0 Å². The summed E-state index contributed by atoms with van der Waals surface area (Å²) in [6.45, 7) is 2.61. The molecule has 106 valence electrons. The molecule has 1 rings (SSSR count). The van der Waals surface area contributed by atoms with E-state index in [2.05, 4.69) is 10.3 Å². The third-order valence-electron chi connectivity index (χ3n) is 2.75. The molecule has 1 aromatic heterocycles. The van der Waals surface area contributed by atoms with Crippen LogP contribution in [0.25, 0.3) is 0 Å². The molecule has 0 radical (unpaired) electrons. The van der Waals surface area contributed by atoms with E-state index in [1.54, 1.807) is 30.3 Å². The molecule has 1 unspecified atom stereocenters. The number of aliphatic hydroxyl groups is 1. The summed E-state index contributed by atoms with van der Waals surface area (Å²) in [6, 6.07) is 3.49. The number of halogens is 1. The van der Waals surface area contributed by atoms with Gasteiger partial charge in [0, 0.05) is 19.8 Å². The molecule has 0 spiro atoms. The fraction of sp³-hybridized carbons (Fsp3) is 0.538. The largest absolute Gasteiger partial charge is 0.393 e. The zero-order chi connectivity index (χ0) is 14.3. The van der Waals surface area contributed by atoms with E-state index in [1.807, 2.05) is 6.92 Å². The number of aromatic nitrogens is 1. The Morgan fingerprint density at radius 3 is 2.89 bits per heavy atom. The SMILES string of the molecule is CCC(O)CCNC(=O)CN(C)c1ccc(Cl)cn1. The number of nitrogens with zero attached hydrogens (tertiary/aromatic N) is 2. The highest BCUT2D eigenvalue weighted by Gasteiger charge is 2.08. The maximum absolute atomic E-state index is 11.7. The van der Waals surface area contributed by atoms with Gasteiger partial charge in [-0.2, -0.15) is 0 Å². The quantitative estimate of drug-likeness (QED) is 0.796. The normalized spacial score (nSPS) is 12.0. The van der Waals surface area contributed by atoms with Gasteiger partial charge in [-0.3, -0.25) is 4.79 Å². The molecule has 0 bridgehead atoms. The first kappa shape index (κ1) is 15.7. The third kappa shape index (κ3) is 5.89. The lowest BCUT2D eigenvalue weighted by Crippen LogP contribution is -2.36. The van der Waals surface area contributed by atoms with E-state index in [-0.39, 0.29) is 18.6 Å². The van der Waals surface area contributed by atoms with Crippen LogP contribution in [0.3, 0.4) is 0 Å². The first-order valence-corrected chi connectivity index (χ1v) is 6.68. The lowest BCUT2D eigenvalue weighted by Gasteiger charge is -2.17. The van der Waals surface area contributed by atoms with Crippen molar-refractivity contribution in [2.24, 2.45) is 0 Å². The Hall–Kier alpha value is -1.33. The Balaban J connectivity index is 2.33. The molecule has 0 saturated carbocycles. The van der Waals surface area contributed by atoms with Crippen LogP contribution in [0.5, 0.6) is 0 Å². The third-order valence-corrected chi connectivity index (χ3v) is 2.98. The van der Waals surface area contributed by atoms with Gasteiger partial charge >= 0.3 is 0 Å². The standard InChI is InChI=1S/C13H20ClN3O2/c1-3-11(18)6-7-15-13(19)9-17(2)12-5-4-10(14)8-16-12/h4-5,8,11,18H,3,6-7,9H2,1-2H3,(H,15,19). The molecule has 5 nitrogen and oxygen atoms in total. The van der Waals surface area contributed by atoms with Crippen molar-refractivity contribution in [3.05, 3.63) is 23.4 Å². The molecule has 0 aliphatic carbocycles. The fourth-order valence-corrected chi connectivity index (χ4v) is 1.64. The first-order valence-electron chi connectivity index (χ1n) is 6.30. The number of hydrogen-bond donors (Lipinski definition) is 2. The molecule has 0 aliphatic heterocycles. The van der Waals surface area contributed by atoms with Crippen molar-refractivity contribution in [1.82, 2.24) is 10.3 Å². The van der Waals surface area contributed by atoms with Gasteiger partial charge in [0.1, 0.15) is 5.82 Å². The Bertz CT molecular complexity index is 397. The summed E-state index contributed by atoms with van der Waals surface area (Å²) in [5.74, 6) is 0.593. The van der Waals surface area contributed by atoms with E-state index in [1.165, 1.54) is 0 Å². The molecule has 1 amide bonds. The molecule has 19 heavy (non-hydrogen) atoms. The summed E-state index contributed by atoms with van der Waals surface area (Å²) in [5.41, 5.74) is 0. The highest BCUT2D eigenvalue weighted by molar-refractivity contribution is 6.30. The van der Waals surface area contributed by atoms with Crippen molar-refractivity contribution in [3.8, 4) is 0 Å². The van der Waals surface area contributed by atoms with Crippen molar-refractivity contribution in [3.63, 3.8) is 0 Å². The number of amides is 1. The second-order valence-corrected chi connectivity index (χ2v) is 4.83. The Kier molecular flexibility index (Phi) is 6.59. The monoisotopic (exact) mass is 285 g/mol. The van der Waals surface area contributed by atoms with Crippen LogP contribution < -0.4 is 10.2 Å². The van der Waals surface area contributed by atoms with Gasteiger partial charge in [-0.15, -0.1) is 0 Å². The van der Waals surface area contributed by atoms with E-state index in [9.17, 15) is 9.90 Å². The van der Waals surface area contributed by atoms with Crippen molar-refractivity contribution in [2.75, 3.05) is 25.0 Å². The summed E-state index contributed by atoms with van der Waals surface area (Å²) >= 11 is 5.75. The maximum atomic E-state index is 11.7. The number of pyridine rings is 1. The van der Waals surface area contributed by atoms with Crippen molar-refractivity contribution in [1.29, 1.82) is 0 Å². The van der Waals surface area contributed by atoms with Crippen LogP contribution in [-0.4, -0.2) is 42.2 Å². The maximum Gasteiger partial charge on any atom is 0.239 e. The number of carbonyl (C=O) groups excluding carboxylic acids is 1. The van der Waals surface area contributed by atoms with Crippen LogP contribution in [0.15, 0.2) is 18.3 Å². The predicted molar refractivity (Wildman–Crippen MR) is 76.4 cm³/mol. The van der Waals surface area contributed by atoms with Crippen LogP contribution in [0.1, 0.15) is 19.8 Å². The van der Waals surface area contributed by atoms with Gasteiger partial charge in [0.05, 0.1) is 17.7 Å². The summed E-state index contributed by atoms with van der Waals surface area (Å²) in [7, 11) is 1.79. The molecular formula is C13H20ClN3O2. The number of anilines is 1. The molecule has 6 heteroatoms. The van der Waals surface area contributed by atoms with Crippen molar-refractivity contribution >= 4 is 23.3 Å². The zero-order valence-corrected chi connectivity index (χ0v) is 12.0. The Morgan fingerprint density at radius 1 is 1.58 bits per heavy atom. The topological polar surface area (TPSA) is 65.5 Å². The first-order chi connectivity index (χ1) is 9.02. The second-order valence-electron chi connectivity index (χ2n) is 4.39. The average Bonchev–Trinajstić information content (AvgIpc) is 2.39. The summed E-state index contributed by atoms with van der Waals surface area (Å²) in [4.78, 5) is 17.5. The van der Waals surface area contributed by atoms with Gasteiger partial charge in [0.25, 0.3) is 0 Å².